The van der Waals surface area contributed by atoms with Crippen LogP contribution in [0.2, 0.25) is 10.0 Å². The highest BCUT2D eigenvalue weighted by Gasteiger charge is 2.29. The smallest absolute Gasteiger partial charge is 0.327 e. The lowest BCUT2D eigenvalue weighted by molar-refractivity contribution is -0.145. The van der Waals surface area contributed by atoms with Crippen LogP contribution in [0.5, 0.6) is 0 Å². The Hall–Kier alpha value is -1.76. The van der Waals surface area contributed by atoms with E-state index in [1.807, 2.05) is 0 Å². The molecule has 0 N–H and O–H groups in total. The van der Waals surface area contributed by atoms with E-state index in [1.54, 1.807) is 39.0 Å². The zero-order chi connectivity index (χ0) is 19.5. The zero-order valence-electron chi connectivity index (χ0n) is 14.6. The molecule has 8 heteroatoms. The molecule has 0 aromatic heterocycles. The predicted octanol–water partition coefficient (Wildman–Crippen LogP) is 4.45. The molecule has 2 rings (SSSR count). The first-order valence-electron chi connectivity index (χ1n) is 7.86. The molecule has 0 saturated heterocycles. The molecule has 0 aliphatic carbocycles. The van der Waals surface area contributed by atoms with Crippen molar-refractivity contribution in [2.24, 2.45) is 0 Å². The summed E-state index contributed by atoms with van der Waals surface area (Å²) in [5, 5.41) is 0.810. The maximum atomic E-state index is 13.2. The summed E-state index contributed by atoms with van der Waals surface area (Å²) in [6.45, 7) is 4.61. The van der Waals surface area contributed by atoms with Gasteiger partial charge in [0.2, 0.25) is 0 Å². The molecular formula is C18H19Cl2NO4S. The fourth-order valence-corrected chi connectivity index (χ4v) is 4.08. The Bertz CT molecular complexity index is 896. The Balaban J connectivity index is 2.54. The molecule has 0 heterocycles. The summed E-state index contributed by atoms with van der Waals surface area (Å²) in [6, 6.07) is 10.6. The number of nitrogens with zero attached hydrogens (tertiary/aromatic N) is 1. The third-order valence-electron chi connectivity index (χ3n) is 3.55. The molecule has 26 heavy (non-hydrogen) atoms. The zero-order valence-corrected chi connectivity index (χ0v) is 16.9. The molecule has 5 nitrogen and oxygen atoms in total. The highest BCUT2D eigenvalue weighted by molar-refractivity contribution is 7.92. The van der Waals surface area contributed by atoms with Crippen LogP contribution in [-0.4, -0.2) is 27.0 Å². The molecule has 0 radical (unpaired) electrons. The van der Waals surface area contributed by atoms with Gasteiger partial charge in [0.15, 0.2) is 0 Å². The van der Waals surface area contributed by atoms with Gasteiger partial charge in [-0.2, -0.15) is 0 Å². The number of anilines is 1. The molecule has 2 aromatic carbocycles. The first-order valence-corrected chi connectivity index (χ1v) is 10.1. The molecule has 0 aliphatic heterocycles. The van der Waals surface area contributed by atoms with Crippen LogP contribution in [0.1, 0.15) is 19.4 Å². The lowest BCUT2D eigenvalue weighted by atomic mass is 10.2. The predicted molar refractivity (Wildman–Crippen MR) is 103 cm³/mol. The van der Waals surface area contributed by atoms with Crippen molar-refractivity contribution in [2.45, 2.75) is 31.8 Å². The fraction of sp³-hybridized carbons (Fsp3) is 0.278. The Morgan fingerprint density at radius 2 is 1.73 bits per heavy atom. The lowest BCUT2D eigenvalue weighted by Gasteiger charge is -2.26. The second-order valence-electron chi connectivity index (χ2n) is 5.89. The number of carbonyl (C=O) groups is 1. The number of benzene rings is 2. The number of carbonyl (C=O) groups excluding carboxylic acids is 1. The van der Waals surface area contributed by atoms with Crippen molar-refractivity contribution >= 4 is 44.9 Å². The van der Waals surface area contributed by atoms with Crippen LogP contribution in [-0.2, 0) is 19.6 Å². The van der Waals surface area contributed by atoms with Gasteiger partial charge in [0, 0.05) is 10.0 Å². The normalized spacial score (nSPS) is 11.5. The van der Waals surface area contributed by atoms with E-state index in [0.717, 1.165) is 4.31 Å². The fourth-order valence-electron chi connectivity index (χ4n) is 2.32. The van der Waals surface area contributed by atoms with Gasteiger partial charge in [-0.1, -0.05) is 29.3 Å². The van der Waals surface area contributed by atoms with Gasteiger partial charge >= 0.3 is 5.97 Å². The van der Waals surface area contributed by atoms with Crippen LogP contribution in [0.15, 0.2) is 47.4 Å². The van der Waals surface area contributed by atoms with Crippen molar-refractivity contribution in [1.82, 2.24) is 0 Å². The maximum Gasteiger partial charge on any atom is 0.327 e. The summed E-state index contributed by atoms with van der Waals surface area (Å²) >= 11 is 12.0. The minimum absolute atomic E-state index is 0.0126. The van der Waals surface area contributed by atoms with Gasteiger partial charge in [0.25, 0.3) is 10.0 Å². The van der Waals surface area contributed by atoms with Gasteiger partial charge in [-0.05, 0) is 62.7 Å². The van der Waals surface area contributed by atoms with E-state index in [-0.39, 0.29) is 11.0 Å². The molecule has 0 unspecified atom stereocenters. The number of esters is 1. The summed E-state index contributed by atoms with van der Waals surface area (Å²) < 4.78 is 32.4. The monoisotopic (exact) mass is 415 g/mol. The van der Waals surface area contributed by atoms with Crippen molar-refractivity contribution in [1.29, 1.82) is 0 Å². The summed E-state index contributed by atoms with van der Waals surface area (Å²) in [5.41, 5.74) is 0.859. The minimum atomic E-state index is -4.03. The molecule has 0 spiro atoms. The Morgan fingerprint density at radius 1 is 1.12 bits per heavy atom. The summed E-state index contributed by atoms with van der Waals surface area (Å²) in [7, 11) is -4.03. The number of ether oxygens (including phenoxy) is 1. The Morgan fingerprint density at radius 3 is 2.31 bits per heavy atom. The van der Waals surface area contributed by atoms with Crippen molar-refractivity contribution in [3.63, 3.8) is 0 Å². The van der Waals surface area contributed by atoms with Crippen LogP contribution in [0.4, 0.5) is 5.69 Å². The van der Waals surface area contributed by atoms with Crippen LogP contribution in [0.3, 0.4) is 0 Å². The van der Waals surface area contributed by atoms with E-state index in [4.69, 9.17) is 27.9 Å². The van der Waals surface area contributed by atoms with Crippen molar-refractivity contribution in [2.75, 3.05) is 10.8 Å². The number of hydrogen-bond donors (Lipinski definition) is 0. The van der Waals surface area contributed by atoms with Gasteiger partial charge in [0.1, 0.15) is 6.54 Å². The van der Waals surface area contributed by atoms with Gasteiger partial charge < -0.3 is 4.74 Å². The van der Waals surface area contributed by atoms with Gasteiger partial charge in [0.05, 0.1) is 16.7 Å². The molecule has 0 atom stereocenters. The second-order valence-corrected chi connectivity index (χ2v) is 8.59. The molecule has 0 saturated carbocycles. The SMILES string of the molecule is Cc1c(Cl)cccc1N(CC(=O)OC(C)C)S(=O)(=O)c1ccc(Cl)cc1. The number of hydrogen-bond acceptors (Lipinski definition) is 4. The third-order valence-corrected chi connectivity index (χ3v) is 5.98. The molecule has 0 aliphatic rings. The van der Waals surface area contributed by atoms with Crippen molar-refractivity contribution in [3.05, 3.63) is 58.1 Å². The largest absolute Gasteiger partial charge is 0.462 e. The van der Waals surface area contributed by atoms with Crippen molar-refractivity contribution < 1.29 is 17.9 Å². The maximum absolute atomic E-state index is 13.2. The first kappa shape index (κ1) is 20.6. The topological polar surface area (TPSA) is 63.7 Å². The van der Waals surface area contributed by atoms with E-state index < -0.39 is 22.5 Å². The summed E-state index contributed by atoms with van der Waals surface area (Å²) in [4.78, 5) is 12.2. The molecule has 2 aromatic rings. The second kappa shape index (κ2) is 8.29. The first-order chi connectivity index (χ1) is 12.1. The van der Waals surface area contributed by atoms with Crippen LogP contribution in [0.25, 0.3) is 0 Å². The molecule has 0 fully saturated rings. The quantitative estimate of drug-likeness (QED) is 0.653. The molecule has 140 valence electrons. The Labute approximate surface area is 163 Å². The third kappa shape index (κ3) is 4.69. The van der Waals surface area contributed by atoms with E-state index >= 15 is 0 Å². The Kier molecular flexibility index (Phi) is 6.55. The highest BCUT2D eigenvalue weighted by atomic mass is 35.5. The van der Waals surface area contributed by atoms with E-state index in [1.165, 1.54) is 24.3 Å². The van der Waals surface area contributed by atoms with E-state index in [2.05, 4.69) is 0 Å². The highest BCUT2D eigenvalue weighted by Crippen LogP contribution is 2.31. The van der Waals surface area contributed by atoms with E-state index in [9.17, 15) is 13.2 Å². The lowest BCUT2D eigenvalue weighted by Crippen LogP contribution is -2.37. The van der Waals surface area contributed by atoms with Crippen molar-refractivity contribution in [3.8, 4) is 0 Å². The standard InChI is InChI=1S/C18H19Cl2NO4S/c1-12(2)25-18(22)11-21(17-6-4-5-16(20)13(17)3)26(23,24)15-9-7-14(19)8-10-15/h4-10,12H,11H2,1-3H3. The summed E-state index contributed by atoms with van der Waals surface area (Å²) in [6.07, 6.45) is -0.358. The van der Waals surface area contributed by atoms with Gasteiger partial charge in [-0.3, -0.25) is 9.10 Å². The molecular weight excluding hydrogens is 397 g/mol. The van der Waals surface area contributed by atoms with Crippen LogP contribution < -0.4 is 4.31 Å². The number of rotatable bonds is 6. The molecule has 0 bridgehead atoms. The van der Waals surface area contributed by atoms with Gasteiger partial charge in [-0.15, -0.1) is 0 Å². The minimum Gasteiger partial charge on any atom is -0.462 e. The van der Waals surface area contributed by atoms with Gasteiger partial charge in [-0.25, -0.2) is 8.42 Å². The summed E-state index contributed by atoms with van der Waals surface area (Å²) in [5.74, 6) is -0.656. The van der Waals surface area contributed by atoms with E-state index in [0.29, 0.717) is 21.3 Å². The molecule has 0 amide bonds. The average molecular weight is 416 g/mol. The number of halogens is 2. The van der Waals surface area contributed by atoms with Crippen LogP contribution >= 0.6 is 23.2 Å². The van der Waals surface area contributed by atoms with Crippen LogP contribution in [0, 0.1) is 6.92 Å². The average Bonchev–Trinajstić information content (AvgIpc) is 2.55. The number of sulfonamides is 1.